The number of ether oxygens (including phenoxy) is 1. The summed E-state index contributed by atoms with van der Waals surface area (Å²) in [6, 6.07) is 1.66. The van der Waals surface area contributed by atoms with Gasteiger partial charge in [-0.15, -0.1) is 0 Å². The maximum absolute atomic E-state index is 12.0. The second-order valence-corrected chi connectivity index (χ2v) is 3.10. The molecule has 0 fully saturated rings. The summed E-state index contributed by atoms with van der Waals surface area (Å²) in [7, 11) is 0. The molecule has 1 aromatic rings. The Morgan fingerprint density at radius 2 is 2.12 bits per heavy atom. The van der Waals surface area contributed by atoms with Crippen molar-refractivity contribution in [3.05, 3.63) is 27.8 Å². The minimum atomic E-state index is -3.18. The third-order valence-electron chi connectivity index (χ3n) is 1.93. The summed E-state index contributed by atoms with van der Waals surface area (Å²) in [4.78, 5) is 20.8. The van der Waals surface area contributed by atoms with Gasteiger partial charge in [-0.2, -0.15) is 8.78 Å². The van der Waals surface area contributed by atoms with Crippen molar-refractivity contribution >= 4 is 17.2 Å². The van der Waals surface area contributed by atoms with Crippen molar-refractivity contribution in [2.45, 2.75) is 13.5 Å². The van der Waals surface area contributed by atoms with E-state index in [0.29, 0.717) is 0 Å². The van der Waals surface area contributed by atoms with Crippen molar-refractivity contribution < 1.29 is 23.2 Å². The number of hydrogen-bond acceptors (Lipinski definition) is 5. The van der Waals surface area contributed by atoms with E-state index in [1.807, 2.05) is 0 Å². The first kappa shape index (κ1) is 12.8. The van der Waals surface area contributed by atoms with Crippen LogP contribution in [-0.4, -0.2) is 17.3 Å². The quantitative estimate of drug-likeness (QED) is 0.379. The third-order valence-corrected chi connectivity index (χ3v) is 1.93. The Morgan fingerprint density at radius 3 is 2.53 bits per heavy atom. The zero-order valence-corrected chi connectivity index (χ0v) is 8.65. The highest BCUT2D eigenvalue weighted by Crippen LogP contribution is 2.32. The fourth-order valence-corrected chi connectivity index (χ4v) is 1.20. The molecule has 0 aliphatic heterocycles. The van der Waals surface area contributed by atoms with Crippen molar-refractivity contribution in [2.75, 3.05) is 5.73 Å². The van der Waals surface area contributed by atoms with Crippen LogP contribution in [0.25, 0.3) is 0 Å². The highest BCUT2D eigenvalue weighted by Gasteiger charge is 2.20. The number of alkyl halides is 2. The molecule has 0 aromatic heterocycles. The van der Waals surface area contributed by atoms with E-state index in [4.69, 9.17) is 5.73 Å². The molecule has 92 valence electrons. The predicted octanol–water partition coefficient (Wildman–Crippen LogP) is 1.98. The molecule has 17 heavy (non-hydrogen) atoms. The Morgan fingerprint density at radius 1 is 1.53 bits per heavy atom. The van der Waals surface area contributed by atoms with Gasteiger partial charge in [0.25, 0.3) is 5.69 Å². The molecule has 6 nitrogen and oxygen atoms in total. The number of non-ortho nitro benzene ring substituents is 1. The molecule has 0 radical (unpaired) electrons. The van der Waals surface area contributed by atoms with Crippen LogP contribution < -0.4 is 10.5 Å². The largest absolute Gasteiger partial charge is 0.432 e. The molecule has 0 saturated heterocycles. The number of Topliss-reactive ketones (excluding diaryl/α,β-unsaturated/α-hetero) is 1. The first-order valence-corrected chi connectivity index (χ1v) is 4.36. The van der Waals surface area contributed by atoms with E-state index in [2.05, 4.69) is 4.74 Å². The van der Waals surface area contributed by atoms with Crippen LogP contribution in [-0.2, 0) is 0 Å². The van der Waals surface area contributed by atoms with Gasteiger partial charge in [0, 0.05) is 6.07 Å². The predicted molar refractivity (Wildman–Crippen MR) is 54.1 cm³/mol. The first-order chi connectivity index (χ1) is 7.82. The van der Waals surface area contributed by atoms with Gasteiger partial charge in [0.05, 0.1) is 22.2 Å². The van der Waals surface area contributed by atoms with Crippen LogP contribution in [0.3, 0.4) is 0 Å². The van der Waals surface area contributed by atoms with Crippen LogP contribution in [0, 0.1) is 10.1 Å². The van der Waals surface area contributed by atoms with Gasteiger partial charge in [-0.25, -0.2) is 0 Å². The van der Waals surface area contributed by atoms with E-state index in [1.165, 1.54) is 0 Å². The van der Waals surface area contributed by atoms with Crippen molar-refractivity contribution in [1.29, 1.82) is 0 Å². The van der Waals surface area contributed by atoms with Gasteiger partial charge < -0.3 is 10.5 Å². The normalized spacial score (nSPS) is 10.4. The Labute approximate surface area is 94.1 Å². The number of nitrogens with zero attached hydrogens (tertiary/aromatic N) is 1. The fourth-order valence-electron chi connectivity index (χ4n) is 1.20. The summed E-state index contributed by atoms with van der Waals surface area (Å²) in [6.07, 6.45) is 0. The van der Waals surface area contributed by atoms with Gasteiger partial charge >= 0.3 is 6.61 Å². The smallest absolute Gasteiger partial charge is 0.387 e. The molecule has 0 saturated carbocycles. The first-order valence-electron chi connectivity index (χ1n) is 4.36. The van der Waals surface area contributed by atoms with Crippen molar-refractivity contribution in [3.63, 3.8) is 0 Å². The Kier molecular flexibility index (Phi) is 3.56. The molecule has 0 unspecified atom stereocenters. The van der Waals surface area contributed by atoms with E-state index in [9.17, 15) is 23.7 Å². The molecule has 0 spiro atoms. The molecule has 0 bridgehead atoms. The number of nitrogen functional groups attached to an aromatic ring is 1. The van der Waals surface area contributed by atoms with Crippen LogP contribution in [0.1, 0.15) is 17.3 Å². The summed E-state index contributed by atoms with van der Waals surface area (Å²) in [5.74, 6) is -1.16. The van der Waals surface area contributed by atoms with Gasteiger partial charge in [-0.05, 0) is 6.92 Å². The number of benzene rings is 1. The molecule has 0 aliphatic rings. The number of halogens is 2. The maximum atomic E-state index is 12.0. The van der Waals surface area contributed by atoms with Gasteiger partial charge in [0.2, 0.25) is 0 Å². The van der Waals surface area contributed by atoms with E-state index < -0.39 is 28.8 Å². The van der Waals surface area contributed by atoms with E-state index in [0.717, 1.165) is 19.1 Å². The SMILES string of the molecule is CC(=O)c1cc([N+](=O)[O-])cc(OC(F)F)c1N. The third kappa shape index (κ3) is 2.86. The van der Waals surface area contributed by atoms with Crippen LogP contribution in [0.4, 0.5) is 20.2 Å². The lowest BCUT2D eigenvalue weighted by molar-refractivity contribution is -0.385. The number of carbonyl (C=O) groups excluding carboxylic acids is 1. The molecular weight excluding hydrogens is 238 g/mol. The molecular formula is C9H8F2N2O4. The molecule has 0 amide bonds. The zero-order valence-electron chi connectivity index (χ0n) is 8.65. The second kappa shape index (κ2) is 4.73. The van der Waals surface area contributed by atoms with Gasteiger partial charge in [0.15, 0.2) is 11.5 Å². The Hall–Kier alpha value is -2.25. The van der Waals surface area contributed by atoms with Gasteiger partial charge in [0.1, 0.15) is 0 Å². The summed E-state index contributed by atoms with van der Waals surface area (Å²) in [5.41, 5.74) is 4.29. The van der Waals surface area contributed by atoms with Crippen molar-refractivity contribution in [2.24, 2.45) is 0 Å². The number of nitro benzene ring substituents is 1. The summed E-state index contributed by atoms with van der Waals surface area (Å²) in [6.45, 7) is -2.07. The minimum Gasteiger partial charge on any atom is -0.432 e. The lowest BCUT2D eigenvalue weighted by atomic mass is 10.1. The molecule has 0 atom stereocenters. The monoisotopic (exact) mass is 246 g/mol. The molecule has 1 aromatic carbocycles. The lowest BCUT2D eigenvalue weighted by Gasteiger charge is -2.10. The molecule has 8 heteroatoms. The summed E-state index contributed by atoms with van der Waals surface area (Å²) in [5, 5.41) is 10.5. The fraction of sp³-hybridized carbons (Fsp3) is 0.222. The average Bonchev–Trinajstić information content (AvgIpc) is 2.19. The summed E-state index contributed by atoms with van der Waals surface area (Å²) < 4.78 is 28.1. The number of anilines is 1. The number of carbonyl (C=O) groups is 1. The number of rotatable bonds is 4. The Balaban J connectivity index is 3.37. The average molecular weight is 246 g/mol. The van der Waals surface area contributed by atoms with Gasteiger partial charge in [-0.3, -0.25) is 14.9 Å². The Bertz CT molecular complexity index is 476. The highest BCUT2D eigenvalue weighted by molar-refractivity contribution is 6.01. The molecule has 1 rings (SSSR count). The second-order valence-electron chi connectivity index (χ2n) is 3.10. The van der Waals surface area contributed by atoms with E-state index in [-0.39, 0.29) is 11.3 Å². The topological polar surface area (TPSA) is 95.5 Å². The maximum Gasteiger partial charge on any atom is 0.387 e. The van der Waals surface area contributed by atoms with Crippen LogP contribution in [0.2, 0.25) is 0 Å². The zero-order chi connectivity index (χ0) is 13.2. The molecule has 2 N–H and O–H groups in total. The number of nitro groups is 1. The van der Waals surface area contributed by atoms with Crippen LogP contribution in [0.5, 0.6) is 5.75 Å². The van der Waals surface area contributed by atoms with E-state index in [1.54, 1.807) is 0 Å². The van der Waals surface area contributed by atoms with Crippen molar-refractivity contribution in [3.8, 4) is 5.75 Å². The van der Waals surface area contributed by atoms with Gasteiger partial charge in [-0.1, -0.05) is 0 Å². The number of ketones is 1. The van der Waals surface area contributed by atoms with E-state index >= 15 is 0 Å². The minimum absolute atomic E-state index is 0.227. The van der Waals surface area contributed by atoms with Crippen LogP contribution in [0.15, 0.2) is 12.1 Å². The molecule has 0 heterocycles. The molecule has 0 aliphatic carbocycles. The summed E-state index contributed by atoms with van der Waals surface area (Å²) >= 11 is 0. The lowest BCUT2D eigenvalue weighted by Crippen LogP contribution is -2.08. The number of nitrogens with two attached hydrogens (primary N) is 1. The van der Waals surface area contributed by atoms with Crippen molar-refractivity contribution in [1.82, 2.24) is 0 Å². The highest BCUT2D eigenvalue weighted by atomic mass is 19.3. The standard InChI is InChI=1S/C9H8F2N2O4/c1-4(14)6-2-5(13(15)16)3-7(8(6)12)17-9(10)11/h2-3,9H,12H2,1H3. The van der Waals surface area contributed by atoms with Crippen LogP contribution >= 0.6 is 0 Å². The number of hydrogen-bond donors (Lipinski definition) is 1.